The van der Waals surface area contributed by atoms with Gasteiger partial charge in [0.05, 0.1) is 12.2 Å². The molecule has 0 aliphatic heterocycles. The summed E-state index contributed by atoms with van der Waals surface area (Å²) >= 11 is 0. The Morgan fingerprint density at radius 2 is 2.00 bits per heavy atom. The van der Waals surface area contributed by atoms with Crippen LogP contribution in [-0.2, 0) is 4.74 Å². The Labute approximate surface area is 90.2 Å². The largest absolute Gasteiger partial charge is 0.490 e. The Morgan fingerprint density at radius 3 is 2.73 bits per heavy atom. The van der Waals surface area contributed by atoms with E-state index in [9.17, 15) is 0 Å². The van der Waals surface area contributed by atoms with E-state index in [1.165, 1.54) is 0 Å². The SMILES string of the molecule is CCCOCCOc1ccccc1C#N. The van der Waals surface area contributed by atoms with Crippen LogP contribution in [0, 0.1) is 11.3 Å². The van der Waals surface area contributed by atoms with E-state index in [0.29, 0.717) is 24.5 Å². The quantitative estimate of drug-likeness (QED) is 0.669. The predicted octanol–water partition coefficient (Wildman–Crippen LogP) is 2.36. The molecule has 0 spiro atoms. The molecular weight excluding hydrogens is 190 g/mol. The number of hydrogen-bond donors (Lipinski definition) is 0. The van der Waals surface area contributed by atoms with E-state index in [-0.39, 0.29) is 0 Å². The molecule has 1 aromatic rings. The minimum absolute atomic E-state index is 0.485. The van der Waals surface area contributed by atoms with Crippen LogP contribution in [0.5, 0.6) is 5.75 Å². The monoisotopic (exact) mass is 205 g/mol. The van der Waals surface area contributed by atoms with Gasteiger partial charge in [-0.05, 0) is 18.6 Å². The zero-order chi connectivity index (χ0) is 10.9. The van der Waals surface area contributed by atoms with E-state index >= 15 is 0 Å². The molecule has 0 amide bonds. The van der Waals surface area contributed by atoms with Gasteiger partial charge in [0, 0.05) is 6.61 Å². The molecule has 3 heteroatoms. The molecule has 0 N–H and O–H groups in total. The summed E-state index contributed by atoms with van der Waals surface area (Å²) in [5, 5.41) is 8.80. The highest BCUT2D eigenvalue weighted by Gasteiger charge is 2.00. The van der Waals surface area contributed by atoms with Crippen LogP contribution in [0.3, 0.4) is 0 Å². The fraction of sp³-hybridized carbons (Fsp3) is 0.417. The van der Waals surface area contributed by atoms with Crippen molar-refractivity contribution < 1.29 is 9.47 Å². The molecule has 0 saturated heterocycles. The summed E-state index contributed by atoms with van der Waals surface area (Å²) in [6, 6.07) is 9.28. The highest BCUT2D eigenvalue weighted by molar-refractivity contribution is 5.42. The molecule has 0 unspecified atom stereocenters. The van der Waals surface area contributed by atoms with Crippen molar-refractivity contribution in [2.45, 2.75) is 13.3 Å². The molecule has 0 aromatic heterocycles. The van der Waals surface area contributed by atoms with E-state index in [4.69, 9.17) is 14.7 Å². The average Bonchev–Trinajstić information content (AvgIpc) is 2.29. The first-order chi connectivity index (χ1) is 7.38. The summed E-state index contributed by atoms with van der Waals surface area (Å²) in [6.07, 6.45) is 1.01. The van der Waals surface area contributed by atoms with Crippen LogP contribution in [0.1, 0.15) is 18.9 Å². The van der Waals surface area contributed by atoms with E-state index in [1.807, 2.05) is 12.1 Å². The number of nitrogens with zero attached hydrogens (tertiary/aromatic N) is 1. The van der Waals surface area contributed by atoms with Crippen molar-refractivity contribution in [1.29, 1.82) is 5.26 Å². The number of ether oxygens (including phenoxy) is 2. The molecule has 15 heavy (non-hydrogen) atoms. The Bertz CT molecular complexity index is 331. The molecule has 1 aromatic carbocycles. The van der Waals surface area contributed by atoms with Crippen molar-refractivity contribution in [2.24, 2.45) is 0 Å². The van der Waals surface area contributed by atoms with Crippen molar-refractivity contribution in [2.75, 3.05) is 19.8 Å². The van der Waals surface area contributed by atoms with Gasteiger partial charge in [-0.2, -0.15) is 5.26 Å². The standard InChI is InChI=1S/C12H15NO2/c1-2-7-14-8-9-15-12-6-4-3-5-11(12)10-13/h3-6H,2,7-9H2,1H3. The molecular formula is C12H15NO2. The van der Waals surface area contributed by atoms with Crippen molar-refractivity contribution in [1.82, 2.24) is 0 Å². The number of benzene rings is 1. The van der Waals surface area contributed by atoms with Gasteiger partial charge in [-0.15, -0.1) is 0 Å². The smallest absolute Gasteiger partial charge is 0.137 e. The molecule has 0 fully saturated rings. The number of nitriles is 1. The van der Waals surface area contributed by atoms with Crippen molar-refractivity contribution >= 4 is 0 Å². The van der Waals surface area contributed by atoms with E-state index in [2.05, 4.69) is 13.0 Å². The van der Waals surface area contributed by atoms with Crippen LogP contribution < -0.4 is 4.74 Å². The molecule has 0 aliphatic rings. The van der Waals surface area contributed by atoms with Crippen molar-refractivity contribution in [3.63, 3.8) is 0 Å². The maximum Gasteiger partial charge on any atom is 0.137 e. The zero-order valence-corrected chi connectivity index (χ0v) is 8.90. The second kappa shape index (κ2) is 6.86. The number of para-hydroxylation sites is 1. The van der Waals surface area contributed by atoms with Crippen LogP contribution in [0.2, 0.25) is 0 Å². The Kier molecular flexibility index (Phi) is 5.28. The maximum atomic E-state index is 8.80. The van der Waals surface area contributed by atoms with Gasteiger partial charge in [0.1, 0.15) is 18.4 Å². The minimum atomic E-state index is 0.485. The molecule has 0 bridgehead atoms. The van der Waals surface area contributed by atoms with Crippen LogP contribution in [0.4, 0.5) is 0 Å². The van der Waals surface area contributed by atoms with Gasteiger partial charge in [0.25, 0.3) is 0 Å². The van der Waals surface area contributed by atoms with Crippen LogP contribution in [0.25, 0.3) is 0 Å². The van der Waals surface area contributed by atoms with Gasteiger partial charge in [-0.25, -0.2) is 0 Å². The van der Waals surface area contributed by atoms with E-state index in [0.717, 1.165) is 13.0 Å². The lowest BCUT2D eigenvalue weighted by atomic mass is 10.2. The van der Waals surface area contributed by atoms with Gasteiger partial charge in [-0.1, -0.05) is 19.1 Å². The number of hydrogen-bond acceptors (Lipinski definition) is 3. The topological polar surface area (TPSA) is 42.2 Å². The fourth-order valence-electron chi connectivity index (χ4n) is 1.14. The zero-order valence-electron chi connectivity index (χ0n) is 8.90. The summed E-state index contributed by atoms with van der Waals surface area (Å²) < 4.78 is 10.7. The van der Waals surface area contributed by atoms with E-state index in [1.54, 1.807) is 12.1 Å². The molecule has 0 saturated carbocycles. The van der Waals surface area contributed by atoms with Crippen LogP contribution in [-0.4, -0.2) is 19.8 Å². The van der Waals surface area contributed by atoms with Gasteiger partial charge >= 0.3 is 0 Å². The Hall–Kier alpha value is -1.53. The van der Waals surface area contributed by atoms with Crippen molar-refractivity contribution in [3.05, 3.63) is 29.8 Å². The Morgan fingerprint density at radius 1 is 1.20 bits per heavy atom. The highest BCUT2D eigenvalue weighted by Crippen LogP contribution is 2.15. The van der Waals surface area contributed by atoms with E-state index < -0.39 is 0 Å². The molecule has 0 atom stereocenters. The predicted molar refractivity (Wildman–Crippen MR) is 57.8 cm³/mol. The lowest BCUT2D eigenvalue weighted by Crippen LogP contribution is -2.07. The van der Waals surface area contributed by atoms with Crippen LogP contribution in [0.15, 0.2) is 24.3 Å². The highest BCUT2D eigenvalue weighted by atomic mass is 16.5. The molecule has 3 nitrogen and oxygen atoms in total. The third-order valence-electron chi connectivity index (χ3n) is 1.84. The van der Waals surface area contributed by atoms with Gasteiger partial charge in [0.15, 0.2) is 0 Å². The molecule has 1 rings (SSSR count). The first kappa shape index (κ1) is 11.5. The van der Waals surface area contributed by atoms with Gasteiger partial charge in [-0.3, -0.25) is 0 Å². The first-order valence-electron chi connectivity index (χ1n) is 5.08. The molecule has 80 valence electrons. The van der Waals surface area contributed by atoms with Crippen LogP contribution >= 0.6 is 0 Å². The van der Waals surface area contributed by atoms with Crippen molar-refractivity contribution in [3.8, 4) is 11.8 Å². The first-order valence-corrected chi connectivity index (χ1v) is 5.08. The summed E-state index contributed by atoms with van der Waals surface area (Å²) in [5.74, 6) is 0.625. The summed E-state index contributed by atoms with van der Waals surface area (Å²) in [4.78, 5) is 0. The van der Waals surface area contributed by atoms with Gasteiger partial charge < -0.3 is 9.47 Å². The molecule has 0 radical (unpaired) electrons. The lowest BCUT2D eigenvalue weighted by Gasteiger charge is -2.07. The number of rotatable bonds is 6. The normalized spacial score (nSPS) is 9.60. The summed E-state index contributed by atoms with van der Waals surface area (Å²) in [6.45, 7) is 3.86. The summed E-state index contributed by atoms with van der Waals surface area (Å²) in [5.41, 5.74) is 0.563. The lowest BCUT2D eigenvalue weighted by molar-refractivity contribution is 0.100. The Balaban J connectivity index is 2.34. The second-order valence-corrected chi connectivity index (χ2v) is 3.07. The molecule has 0 aliphatic carbocycles. The summed E-state index contributed by atoms with van der Waals surface area (Å²) in [7, 11) is 0. The fourth-order valence-corrected chi connectivity index (χ4v) is 1.14. The third-order valence-corrected chi connectivity index (χ3v) is 1.84. The maximum absolute atomic E-state index is 8.80. The van der Waals surface area contributed by atoms with Gasteiger partial charge in [0.2, 0.25) is 0 Å². The average molecular weight is 205 g/mol. The minimum Gasteiger partial charge on any atom is -0.490 e. The molecule has 0 heterocycles. The second-order valence-electron chi connectivity index (χ2n) is 3.07. The third kappa shape index (κ3) is 4.01.